The molecule has 0 atom stereocenters. The van der Waals surface area contributed by atoms with Crippen molar-refractivity contribution >= 4 is 28.6 Å². The van der Waals surface area contributed by atoms with Crippen LogP contribution in [0.4, 0.5) is 0 Å². The number of aromatic nitrogens is 1. The highest BCUT2D eigenvalue weighted by Crippen LogP contribution is 2.17. The zero-order valence-corrected chi connectivity index (χ0v) is 11.1. The van der Waals surface area contributed by atoms with Crippen LogP contribution in [0.5, 0.6) is 0 Å². The van der Waals surface area contributed by atoms with Gasteiger partial charge in [0.25, 0.3) is 0 Å². The molecule has 3 nitrogen and oxygen atoms in total. The van der Waals surface area contributed by atoms with Gasteiger partial charge in [0.1, 0.15) is 0 Å². The normalized spacial score (nSPS) is 10.5. The molecular weight excluding hydrogens is 246 g/mol. The van der Waals surface area contributed by atoms with Crippen molar-refractivity contribution in [2.45, 2.75) is 12.7 Å². The molecule has 0 spiro atoms. The summed E-state index contributed by atoms with van der Waals surface area (Å²) in [6.07, 6.45) is 1.86. The van der Waals surface area contributed by atoms with Crippen LogP contribution in [0, 0.1) is 0 Å². The molecule has 0 N–H and O–H groups in total. The van der Waals surface area contributed by atoms with Crippen LogP contribution in [0.3, 0.4) is 0 Å². The Bertz CT molecular complexity index is 542. The summed E-state index contributed by atoms with van der Waals surface area (Å²) in [4.78, 5) is 15.6. The van der Waals surface area contributed by atoms with E-state index in [1.807, 2.05) is 37.4 Å². The van der Waals surface area contributed by atoms with Crippen molar-refractivity contribution in [2.24, 2.45) is 0 Å². The molecule has 0 saturated carbocycles. The highest BCUT2D eigenvalue weighted by molar-refractivity contribution is 7.99. The standard InChI is InChI=1S/C14H15NO2S/c1-2-17-14(16)10-18-9-11-7-12-5-3-4-6-13(12)15-8-11/h3-8H,2,9-10H2,1H3. The molecule has 2 rings (SSSR count). The van der Waals surface area contributed by atoms with Crippen molar-refractivity contribution in [2.75, 3.05) is 12.4 Å². The summed E-state index contributed by atoms with van der Waals surface area (Å²) in [5, 5.41) is 1.13. The second kappa shape index (κ2) is 6.40. The minimum absolute atomic E-state index is 0.156. The van der Waals surface area contributed by atoms with Gasteiger partial charge in [-0.1, -0.05) is 18.2 Å². The summed E-state index contributed by atoms with van der Waals surface area (Å²) in [6.45, 7) is 2.26. The molecule has 4 heteroatoms. The summed E-state index contributed by atoms with van der Waals surface area (Å²) >= 11 is 1.55. The second-order valence-electron chi connectivity index (χ2n) is 3.83. The number of nitrogens with zero attached hydrogens (tertiary/aromatic N) is 1. The van der Waals surface area contributed by atoms with Gasteiger partial charge >= 0.3 is 5.97 Å². The van der Waals surface area contributed by atoms with E-state index in [9.17, 15) is 4.79 Å². The molecular formula is C14H15NO2S. The van der Waals surface area contributed by atoms with Crippen LogP contribution >= 0.6 is 11.8 Å². The lowest BCUT2D eigenvalue weighted by Gasteiger charge is -2.03. The van der Waals surface area contributed by atoms with Gasteiger partial charge in [-0.15, -0.1) is 11.8 Å². The summed E-state index contributed by atoms with van der Waals surface area (Å²) < 4.78 is 4.87. The van der Waals surface area contributed by atoms with Gasteiger partial charge in [0, 0.05) is 17.3 Å². The maximum absolute atomic E-state index is 11.2. The minimum atomic E-state index is -0.156. The monoisotopic (exact) mass is 261 g/mol. The molecule has 1 aromatic carbocycles. The van der Waals surface area contributed by atoms with Gasteiger partial charge < -0.3 is 4.74 Å². The average molecular weight is 261 g/mol. The van der Waals surface area contributed by atoms with E-state index < -0.39 is 0 Å². The number of para-hydroxylation sites is 1. The molecule has 1 heterocycles. The van der Waals surface area contributed by atoms with Crippen molar-refractivity contribution < 1.29 is 9.53 Å². The average Bonchev–Trinajstić information content (AvgIpc) is 2.39. The Hall–Kier alpha value is -1.55. The third kappa shape index (κ3) is 3.47. The van der Waals surface area contributed by atoms with E-state index in [0.717, 1.165) is 22.2 Å². The number of hydrogen-bond donors (Lipinski definition) is 0. The Morgan fingerprint density at radius 2 is 2.22 bits per heavy atom. The number of carbonyl (C=O) groups is 1. The summed E-state index contributed by atoms with van der Waals surface area (Å²) in [5.74, 6) is 1.01. The van der Waals surface area contributed by atoms with Gasteiger partial charge in [0.2, 0.25) is 0 Å². The Morgan fingerprint density at radius 1 is 1.39 bits per heavy atom. The fourth-order valence-electron chi connectivity index (χ4n) is 1.65. The van der Waals surface area contributed by atoms with E-state index in [0.29, 0.717) is 12.4 Å². The number of esters is 1. The van der Waals surface area contributed by atoms with Crippen LogP contribution in [-0.2, 0) is 15.3 Å². The summed E-state index contributed by atoms with van der Waals surface area (Å²) in [6, 6.07) is 10.1. The first kappa shape index (κ1) is 12.9. The van der Waals surface area contributed by atoms with Crippen LogP contribution in [0.1, 0.15) is 12.5 Å². The van der Waals surface area contributed by atoms with Gasteiger partial charge in [-0.05, 0) is 24.6 Å². The predicted molar refractivity (Wildman–Crippen MR) is 74.5 cm³/mol. The topological polar surface area (TPSA) is 39.2 Å². The van der Waals surface area contributed by atoms with Crippen LogP contribution in [0.15, 0.2) is 36.5 Å². The number of ether oxygens (including phenoxy) is 1. The molecule has 0 bridgehead atoms. The summed E-state index contributed by atoms with van der Waals surface area (Å²) in [7, 11) is 0. The first-order valence-electron chi connectivity index (χ1n) is 5.86. The quantitative estimate of drug-likeness (QED) is 0.776. The summed E-state index contributed by atoms with van der Waals surface area (Å²) in [5.41, 5.74) is 2.12. The first-order valence-corrected chi connectivity index (χ1v) is 7.02. The Balaban J connectivity index is 1.93. The number of thioether (sulfide) groups is 1. The van der Waals surface area contributed by atoms with Gasteiger partial charge in [-0.3, -0.25) is 9.78 Å². The van der Waals surface area contributed by atoms with Crippen molar-refractivity contribution in [1.82, 2.24) is 4.98 Å². The third-order valence-electron chi connectivity index (χ3n) is 2.44. The van der Waals surface area contributed by atoms with E-state index in [-0.39, 0.29) is 5.97 Å². The minimum Gasteiger partial charge on any atom is -0.465 e. The molecule has 0 amide bonds. The van der Waals surface area contributed by atoms with Gasteiger partial charge in [-0.25, -0.2) is 0 Å². The molecule has 94 valence electrons. The maximum atomic E-state index is 11.2. The molecule has 0 saturated heterocycles. The van der Waals surface area contributed by atoms with E-state index >= 15 is 0 Å². The molecule has 0 aliphatic carbocycles. The highest BCUT2D eigenvalue weighted by Gasteiger charge is 2.03. The van der Waals surface area contributed by atoms with Crippen molar-refractivity contribution in [3.63, 3.8) is 0 Å². The van der Waals surface area contributed by atoms with E-state index in [4.69, 9.17) is 4.74 Å². The Kier molecular flexibility index (Phi) is 4.59. The van der Waals surface area contributed by atoms with Crippen LogP contribution in [-0.4, -0.2) is 23.3 Å². The smallest absolute Gasteiger partial charge is 0.315 e. The first-order chi connectivity index (χ1) is 8.79. The van der Waals surface area contributed by atoms with Crippen molar-refractivity contribution in [1.29, 1.82) is 0 Å². The lowest BCUT2D eigenvalue weighted by atomic mass is 10.2. The number of fused-ring (bicyclic) bond motifs is 1. The molecule has 1 aromatic heterocycles. The van der Waals surface area contributed by atoms with E-state index in [2.05, 4.69) is 11.1 Å². The molecule has 18 heavy (non-hydrogen) atoms. The molecule has 0 aliphatic rings. The predicted octanol–water partition coefficient (Wildman–Crippen LogP) is 3.03. The van der Waals surface area contributed by atoms with Crippen LogP contribution in [0.25, 0.3) is 10.9 Å². The van der Waals surface area contributed by atoms with E-state index in [1.165, 1.54) is 0 Å². The fraction of sp³-hybridized carbons (Fsp3) is 0.286. The number of hydrogen-bond acceptors (Lipinski definition) is 4. The molecule has 0 aliphatic heterocycles. The number of rotatable bonds is 5. The zero-order valence-electron chi connectivity index (χ0n) is 10.3. The largest absolute Gasteiger partial charge is 0.465 e. The van der Waals surface area contributed by atoms with Crippen molar-refractivity contribution in [3.05, 3.63) is 42.1 Å². The number of pyridine rings is 1. The number of benzene rings is 1. The maximum Gasteiger partial charge on any atom is 0.315 e. The Labute approximate surface area is 111 Å². The fourth-order valence-corrected chi connectivity index (χ4v) is 2.40. The third-order valence-corrected chi connectivity index (χ3v) is 3.42. The lowest BCUT2D eigenvalue weighted by molar-refractivity contribution is -0.139. The van der Waals surface area contributed by atoms with Crippen molar-refractivity contribution in [3.8, 4) is 0 Å². The SMILES string of the molecule is CCOC(=O)CSCc1cnc2ccccc2c1. The van der Waals surface area contributed by atoms with E-state index in [1.54, 1.807) is 11.8 Å². The molecule has 0 radical (unpaired) electrons. The molecule has 0 unspecified atom stereocenters. The van der Waals surface area contributed by atoms with Gasteiger partial charge in [0.05, 0.1) is 17.9 Å². The van der Waals surface area contributed by atoms with Gasteiger partial charge in [0.15, 0.2) is 0 Å². The number of carbonyl (C=O) groups excluding carboxylic acids is 1. The molecule has 0 fully saturated rings. The second-order valence-corrected chi connectivity index (χ2v) is 4.82. The van der Waals surface area contributed by atoms with Crippen LogP contribution < -0.4 is 0 Å². The zero-order chi connectivity index (χ0) is 12.8. The van der Waals surface area contributed by atoms with Crippen LogP contribution in [0.2, 0.25) is 0 Å². The molecule has 2 aromatic rings. The van der Waals surface area contributed by atoms with Gasteiger partial charge in [-0.2, -0.15) is 0 Å². The Morgan fingerprint density at radius 3 is 3.06 bits per heavy atom. The highest BCUT2D eigenvalue weighted by atomic mass is 32.2. The lowest BCUT2D eigenvalue weighted by Crippen LogP contribution is -2.06.